The van der Waals surface area contributed by atoms with Gasteiger partial charge in [-0.05, 0) is 24.7 Å². The molecule has 1 aliphatic heterocycles. The molecule has 3 nitrogen and oxygen atoms in total. The second kappa shape index (κ2) is 5.10. The smallest absolute Gasteiger partial charge is 0.233 e. The molecule has 3 rings (SSSR count). The second-order valence-electron chi connectivity index (χ2n) is 6.24. The van der Waals surface area contributed by atoms with Crippen molar-refractivity contribution in [1.29, 1.82) is 0 Å². The first-order valence-corrected chi connectivity index (χ1v) is 7.77. The van der Waals surface area contributed by atoms with Crippen molar-refractivity contribution in [2.24, 2.45) is 23.7 Å². The summed E-state index contributed by atoms with van der Waals surface area (Å²) >= 11 is 0. The van der Waals surface area contributed by atoms with E-state index in [0.717, 1.165) is 19.3 Å². The third kappa shape index (κ3) is 2.03. The monoisotopic (exact) mass is 261 g/mol. The predicted molar refractivity (Wildman–Crippen MR) is 73.2 cm³/mol. The van der Waals surface area contributed by atoms with Crippen LogP contribution in [0.3, 0.4) is 0 Å². The van der Waals surface area contributed by atoms with Gasteiger partial charge in [-0.15, -0.1) is 0 Å². The molecule has 1 saturated heterocycles. The molecule has 2 amide bonds. The van der Waals surface area contributed by atoms with Crippen molar-refractivity contribution in [2.45, 2.75) is 45.4 Å². The standard InChI is InChI=1S/C16H23NO2/c1-2-3-4-5-6-9-17-15(18)13-11-7-8-12(10-11)14(13)16(17)19/h7-8,11-14H,2-6,9-10H2,1H3/t11-,12+,13+,14-. The minimum absolute atomic E-state index is 0.0156. The average Bonchev–Trinajstić information content (AvgIpc) is 3.06. The van der Waals surface area contributed by atoms with Crippen LogP contribution in [-0.2, 0) is 9.59 Å². The van der Waals surface area contributed by atoms with Gasteiger partial charge in [0.25, 0.3) is 0 Å². The lowest BCUT2D eigenvalue weighted by Crippen LogP contribution is -2.33. The maximum Gasteiger partial charge on any atom is 0.233 e. The summed E-state index contributed by atoms with van der Waals surface area (Å²) in [4.78, 5) is 26.3. The van der Waals surface area contributed by atoms with Gasteiger partial charge in [-0.2, -0.15) is 0 Å². The highest BCUT2D eigenvalue weighted by atomic mass is 16.2. The molecule has 4 atom stereocenters. The lowest BCUT2D eigenvalue weighted by Gasteiger charge is -2.16. The summed E-state index contributed by atoms with van der Waals surface area (Å²) in [6.07, 6.45) is 11.1. The molecule has 1 saturated carbocycles. The van der Waals surface area contributed by atoms with Crippen molar-refractivity contribution in [3.63, 3.8) is 0 Å². The van der Waals surface area contributed by atoms with Crippen LogP contribution in [0.5, 0.6) is 0 Å². The molecule has 2 fully saturated rings. The molecule has 0 aromatic heterocycles. The van der Waals surface area contributed by atoms with Gasteiger partial charge in [-0.3, -0.25) is 14.5 Å². The van der Waals surface area contributed by atoms with Crippen molar-refractivity contribution in [2.75, 3.05) is 6.54 Å². The van der Waals surface area contributed by atoms with Gasteiger partial charge in [-0.1, -0.05) is 44.8 Å². The molecule has 0 radical (unpaired) electrons. The maximum atomic E-state index is 12.4. The van der Waals surface area contributed by atoms with E-state index in [4.69, 9.17) is 0 Å². The van der Waals surface area contributed by atoms with Crippen LogP contribution in [0.2, 0.25) is 0 Å². The minimum Gasteiger partial charge on any atom is -0.282 e. The third-order valence-corrected chi connectivity index (χ3v) is 5.05. The van der Waals surface area contributed by atoms with E-state index >= 15 is 0 Å². The number of rotatable bonds is 6. The number of likely N-dealkylation sites (tertiary alicyclic amines) is 1. The lowest BCUT2D eigenvalue weighted by atomic mass is 9.85. The fourth-order valence-corrected chi connectivity index (χ4v) is 4.06. The van der Waals surface area contributed by atoms with E-state index in [0.29, 0.717) is 18.4 Å². The van der Waals surface area contributed by atoms with Crippen molar-refractivity contribution >= 4 is 11.8 Å². The van der Waals surface area contributed by atoms with Gasteiger partial charge in [0.2, 0.25) is 11.8 Å². The summed E-state index contributed by atoms with van der Waals surface area (Å²) in [5.74, 6) is 0.883. The average molecular weight is 261 g/mol. The van der Waals surface area contributed by atoms with Crippen molar-refractivity contribution in [3.8, 4) is 0 Å². The second-order valence-corrected chi connectivity index (χ2v) is 6.24. The number of hydrogen-bond acceptors (Lipinski definition) is 2. The number of carbonyl (C=O) groups excluding carboxylic acids is 2. The summed E-state index contributed by atoms with van der Waals surface area (Å²) in [6.45, 7) is 2.84. The van der Waals surface area contributed by atoms with E-state index in [-0.39, 0.29) is 23.7 Å². The number of unbranched alkanes of at least 4 members (excludes halogenated alkanes) is 4. The Hall–Kier alpha value is -1.12. The predicted octanol–water partition coefficient (Wildman–Crippen LogP) is 2.76. The number of imide groups is 1. The van der Waals surface area contributed by atoms with Gasteiger partial charge in [0, 0.05) is 6.54 Å². The van der Waals surface area contributed by atoms with Gasteiger partial charge >= 0.3 is 0 Å². The van der Waals surface area contributed by atoms with E-state index in [1.165, 1.54) is 19.3 Å². The first kappa shape index (κ1) is 12.9. The van der Waals surface area contributed by atoms with Gasteiger partial charge in [-0.25, -0.2) is 0 Å². The Morgan fingerprint density at radius 3 is 2.16 bits per heavy atom. The van der Waals surface area contributed by atoms with E-state index in [9.17, 15) is 9.59 Å². The van der Waals surface area contributed by atoms with E-state index in [1.54, 1.807) is 4.90 Å². The molecule has 0 spiro atoms. The minimum atomic E-state index is -0.0156. The van der Waals surface area contributed by atoms with Crippen LogP contribution in [0.4, 0.5) is 0 Å². The first-order chi connectivity index (χ1) is 9.24. The summed E-state index contributed by atoms with van der Waals surface area (Å²) in [5.41, 5.74) is 0. The van der Waals surface area contributed by atoms with Crippen LogP contribution >= 0.6 is 0 Å². The Kier molecular flexibility index (Phi) is 3.46. The molecule has 1 heterocycles. The zero-order valence-electron chi connectivity index (χ0n) is 11.7. The van der Waals surface area contributed by atoms with Gasteiger partial charge in [0.05, 0.1) is 11.8 Å². The Morgan fingerprint density at radius 2 is 1.58 bits per heavy atom. The molecular formula is C16H23NO2. The Morgan fingerprint density at radius 1 is 1.00 bits per heavy atom. The summed E-state index contributed by atoms with van der Waals surface area (Å²) in [5, 5.41) is 0. The van der Waals surface area contributed by atoms with E-state index in [2.05, 4.69) is 19.1 Å². The highest BCUT2D eigenvalue weighted by Gasteiger charge is 2.58. The lowest BCUT2D eigenvalue weighted by molar-refractivity contribution is -0.140. The first-order valence-electron chi connectivity index (χ1n) is 7.77. The fourth-order valence-electron chi connectivity index (χ4n) is 4.06. The summed E-state index contributed by atoms with van der Waals surface area (Å²) in [6, 6.07) is 0. The van der Waals surface area contributed by atoms with E-state index < -0.39 is 0 Å². The zero-order chi connectivity index (χ0) is 13.4. The van der Waals surface area contributed by atoms with Gasteiger partial charge < -0.3 is 0 Å². The highest BCUT2D eigenvalue weighted by molar-refractivity contribution is 6.06. The largest absolute Gasteiger partial charge is 0.282 e. The number of hydrogen-bond donors (Lipinski definition) is 0. The molecule has 0 aromatic carbocycles. The van der Waals surface area contributed by atoms with Gasteiger partial charge in [0.15, 0.2) is 0 Å². The number of fused-ring (bicyclic) bond motifs is 5. The Balaban J connectivity index is 1.57. The fraction of sp³-hybridized carbons (Fsp3) is 0.750. The number of carbonyl (C=O) groups is 2. The number of allylic oxidation sites excluding steroid dienone is 2. The number of nitrogens with zero attached hydrogens (tertiary/aromatic N) is 1. The van der Waals surface area contributed by atoms with Crippen LogP contribution in [0.15, 0.2) is 12.2 Å². The third-order valence-electron chi connectivity index (χ3n) is 5.05. The molecule has 0 unspecified atom stereocenters. The normalized spacial score (nSPS) is 35.5. The van der Waals surface area contributed by atoms with E-state index in [1.807, 2.05) is 0 Å². The maximum absolute atomic E-state index is 12.4. The van der Waals surface area contributed by atoms with Crippen molar-refractivity contribution in [3.05, 3.63) is 12.2 Å². The SMILES string of the molecule is CCCCCCCN1C(=O)[C@@H]2[C@H](C1=O)[C@H]1C=C[C@@H]2C1. The van der Waals surface area contributed by atoms with Crippen LogP contribution in [0.1, 0.15) is 45.4 Å². The Bertz CT molecular complexity index is 385. The molecule has 3 heteroatoms. The molecular weight excluding hydrogens is 238 g/mol. The van der Waals surface area contributed by atoms with Gasteiger partial charge in [0.1, 0.15) is 0 Å². The molecule has 2 bridgehead atoms. The van der Waals surface area contributed by atoms with Crippen LogP contribution in [-0.4, -0.2) is 23.3 Å². The van der Waals surface area contributed by atoms with Crippen LogP contribution < -0.4 is 0 Å². The molecule has 104 valence electrons. The molecule has 0 aromatic rings. The Labute approximate surface area is 115 Å². The van der Waals surface area contributed by atoms with Crippen LogP contribution in [0.25, 0.3) is 0 Å². The van der Waals surface area contributed by atoms with Crippen molar-refractivity contribution < 1.29 is 9.59 Å². The highest BCUT2D eigenvalue weighted by Crippen LogP contribution is 2.52. The van der Waals surface area contributed by atoms with Crippen molar-refractivity contribution in [1.82, 2.24) is 4.90 Å². The zero-order valence-corrected chi connectivity index (χ0v) is 11.7. The molecule has 19 heavy (non-hydrogen) atoms. The molecule has 3 aliphatic rings. The topological polar surface area (TPSA) is 37.4 Å². The summed E-state index contributed by atoms with van der Waals surface area (Å²) < 4.78 is 0. The number of amides is 2. The molecule has 0 N–H and O–H groups in total. The summed E-state index contributed by atoms with van der Waals surface area (Å²) in [7, 11) is 0. The molecule has 2 aliphatic carbocycles. The van der Waals surface area contributed by atoms with Crippen LogP contribution in [0, 0.1) is 23.7 Å². The quantitative estimate of drug-likeness (QED) is 0.419.